The van der Waals surface area contributed by atoms with Gasteiger partial charge in [-0.25, -0.2) is 9.59 Å². The summed E-state index contributed by atoms with van der Waals surface area (Å²) in [4.78, 5) is 45.3. The number of amides is 4. The van der Waals surface area contributed by atoms with Gasteiger partial charge in [0.2, 0.25) is 0 Å². The first kappa shape index (κ1) is 57.5. The summed E-state index contributed by atoms with van der Waals surface area (Å²) in [5.74, 6) is 4.89. The van der Waals surface area contributed by atoms with Gasteiger partial charge in [0.25, 0.3) is 0 Å². The van der Waals surface area contributed by atoms with Crippen LogP contribution in [0.15, 0.2) is 151 Å². The van der Waals surface area contributed by atoms with Crippen LogP contribution in [0.2, 0.25) is 0 Å². The Balaban J connectivity index is 0.000000195. The number of nitroso groups, excluding NO2 is 1. The average molecular weight is 1030 g/mol. The van der Waals surface area contributed by atoms with E-state index in [1.807, 2.05) is 107 Å². The Kier molecular flexibility index (Phi) is 23.5. The fraction of sp³-hybridized carbons (Fsp3) is 0.333. The highest BCUT2D eigenvalue weighted by Gasteiger charge is 2.23. The van der Waals surface area contributed by atoms with Gasteiger partial charge in [0.05, 0.1) is 42.7 Å². The van der Waals surface area contributed by atoms with E-state index < -0.39 is 0 Å². The summed E-state index contributed by atoms with van der Waals surface area (Å²) in [5.41, 5.74) is 5.44. The van der Waals surface area contributed by atoms with E-state index in [2.05, 4.69) is 60.1 Å². The Morgan fingerprint density at radius 1 is 0.413 bits per heavy atom. The van der Waals surface area contributed by atoms with E-state index in [0.717, 1.165) is 110 Å². The SMILES string of the molecule is C.COc1ccc(N=O)cc1.COc1ccc(NC(=O)N2CCN(c3cccc(OC)c3)CC2)cc1.COc1ccc(NC(=O)N2CCN(c3cccc(OC)c3)CC2)cc1.COc1cccc(N2CCNCC2)c1. The van der Waals surface area contributed by atoms with Crippen LogP contribution in [0, 0.1) is 4.91 Å². The van der Waals surface area contributed by atoms with Crippen molar-refractivity contribution < 1.29 is 38.0 Å². The standard InChI is InChI=1S/2C19H23N3O3.C11H16N2O.C7H7NO2.CH4/c2*1-24-17-8-6-15(7-9-17)20-19(23)22-12-10-21(11-13-22)16-4-3-5-18(14-16)25-2;1-14-11-4-2-3-10(9-11)13-7-5-12-6-8-13;1-10-7-4-2-6(8-9)3-5-7;/h2*3-9,14H,10-13H2,1-2H3,(H,20,23);2-4,9,12H,5-8H2,1H3;2-5H,1H3;1H4. The summed E-state index contributed by atoms with van der Waals surface area (Å²) in [5, 5.41) is 11.9. The van der Waals surface area contributed by atoms with Crippen molar-refractivity contribution in [1.82, 2.24) is 15.1 Å². The number of benzene rings is 6. The molecule has 0 saturated carbocycles. The minimum absolute atomic E-state index is 0. The van der Waals surface area contributed by atoms with Crippen molar-refractivity contribution in [1.29, 1.82) is 0 Å². The van der Waals surface area contributed by atoms with Crippen LogP contribution in [0.3, 0.4) is 0 Å². The van der Waals surface area contributed by atoms with Crippen molar-refractivity contribution in [2.45, 2.75) is 7.43 Å². The third kappa shape index (κ3) is 18.0. The van der Waals surface area contributed by atoms with Crippen LogP contribution in [0.25, 0.3) is 0 Å². The lowest BCUT2D eigenvalue weighted by Gasteiger charge is -2.36. The van der Waals surface area contributed by atoms with Crippen molar-refractivity contribution in [2.24, 2.45) is 5.18 Å². The fourth-order valence-electron chi connectivity index (χ4n) is 8.08. The van der Waals surface area contributed by atoms with Gasteiger partial charge >= 0.3 is 12.1 Å². The lowest BCUT2D eigenvalue weighted by atomic mass is 10.2. The number of anilines is 5. The number of carbonyl (C=O) groups is 2. The highest BCUT2D eigenvalue weighted by atomic mass is 16.5. The maximum atomic E-state index is 12.4. The molecule has 18 nitrogen and oxygen atoms in total. The molecule has 6 aromatic rings. The van der Waals surface area contributed by atoms with Gasteiger partial charge in [-0.15, -0.1) is 4.91 Å². The minimum Gasteiger partial charge on any atom is -0.497 e. The summed E-state index contributed by atoms with van der Waals surface area (Å²) in [6, 6.07) is 45.3. The van der Waals surface area contributed by atoms with Gasteiger partial charge in [0, 0.05) is 125 Å². The average Bonchev–Trinajstić information content (AvgIpc) is 3.48. The molecule has 6 aromatic carbocycles. The molecular formula is C57H73N9O9. The molecule has 3 fully saturated rings. The second-order valence-electron chi connectivity index (χ2n) is 16.9. The number of rotatable bonds is 12. The molecule has 0 unspecified atom stereocenters. The molecule has 0 aliphatic carbocycles. The zero-order valence-electron chi connectivity index (χ0n) is 43.2. The topological polar surface area (TPSA) is 171 Å². The summed E-state index contributed by atoms with van der Waals surface area (Å²) >= 11 is 0. The van der Waals surface area contributed by atoms with Gasteiger partial charge in [-0.2, -0.15) is 0 Å². The second-order valence-corrected chi connectivity index (χ2v) is 16.9. The van der Waals surface area contributed by atoms with Crippen LogP contribution in [0.1, 0.15) is 7.43 Å². The molecule has 3 N–H and O–H groups in total. The Labute approximate surface area is 442 Å². The normalized spacial score (nSPS) is 13.8. The molecule has 0 atom stereocenters. The molecule has 4 amide bonds. The van der Waals surface area contributed by atoms with Crippen molar-refractivity contribution in [2.75, 3.05) is 147 Å². The summed E-state index contributed by atoms with van der Waals surface area (Å²) in [7, 11) is 9.85. The molecule has 9 rings (SSSR count). The first-order chi connectivity index (χ1) is 36.1. The van der Waals surface area contributed by atoms with Crippen molar-refractivity contribution in [3.63, 3.8) is 0 Å². The first-order valence-corrected chi connectivity index (χ1v) is 24.4. The lowest BCUT2D eigenvalue weighted by Crippen LogP contribution is -2.50. The number of nitrogens with one attached hydrogen (secondary N) is 3. The van der Waals surface area contributed by atoms with E-state index in [0.29, 0.717) is 31.9 Å². The highest BCUT2D eigenvalue weighted by Crippen LogP contribution is 2.25. The fourth-order valence-corrected chi connectivity index (χ4v) is 8.08. The van der Waals surface area contributed by atoms with Crippen molar-refractivity contribution >= 4 is 46.2 Å². The molecule has 3 aliphatic heterocycles. The maximum Gasteiger partial charge on any atom is 0.321 e. The molecule has 3 saturated heterocycles. The van der Waals surface area contributed by atoms with Crippen LogP contribution < -0.4 is 59.1 Å². The summed E-state index contributed by atoms with van der Waals surface area (Å²) in [6.45, 7) is 10.2. The van der Waals surface area contributed by atoms with Crippen LogP contribution >= 0.6 is 0 Å². The predicted octanol–water partition coefficient (Wildman–Crippen LogP) is 9.95. The first-order valence-electron chi connectivity index (χ1n) is 24.4. The zero-order chi connectivity index (χ0) is 52.5. The Morgan fingerprint density at radius 2 is 0.720 bits per heavy atom. The predicted molar refractivity (Wildman–Crippen MR) is 301 cm³/mol. The molecule has 0 bridgehead atoms. The number of hydrogen-bond acceptors (Lipinski definition) is 14. The number of hydrogen-bond donors (Lipinski definition) is 3. The molecule has 0 spiro atoms. The van der Waals surface area contributed by atoms with Crippen LogP contribution in [0.5, 0.6) is 34.5 Å². The third-order valence-electron chi connectivity index (χ3n) is 12.4. The van der Waals surface area contributed by atoms with Crippen LogP contribution in [-0.4, -0.2) is 143 Å². The van der Waals surface area contributed by atoms with Gasteiger partial charge in [-0.05, 0) is 114 Å². The lowest BCUT2D eigenvalue weighted by molar-refractivity contribution is 0.207. The van der Waals surface area contributed by atoms with E-state index in [4.69, 9.17) is 28.4 Å². The van der Waals surface area contributed by atoms with E-state index in [-0.39, 0.29) is 19.5 Å². The van der Waals surface area contributed by atoms with E-state index >= 15 is 0 Å². The van der Waals surface area contributed by atoms with Gasteiger partial charge in [-0.3, -0.25) is 0 Å². The summed E-state index contributed by atoms with van der Waals surface area (Å²) in [6.07, 6.45) is 0. The zero-order valence-corrected chi connectivity index (χ0v) is 43.2. The molecule has 18 heteroatoms. The number of urea groups is 2. The minimum atomic E-state index is -0.0736. The number of methoxy groups -OCH3 is 6. The number of nitrogens with zero attached hydrogens (tertiary/aromatic N) is 6. The Bertz CT molecular complexity index is 2500. The van der Waals surface area contributed by atoms with E-state index in [1.165, 1.54) is 5.69 Å². The maximum absolute atomic E-state index is 12.4. The van der Waals surface area contributed by atoms with Gasteiger partial charge in [0.1, 0.15) is 40.2 Å². The molecule has 75 heavy (non-hydrogen) atoms. The largest absolute Gasteiger partial charge is 0.497 e. The van der Waals surface area contributed by atoms with Gasteiger partial charge < -0.3 is 68.9 Å². The molecule has 0 radical (unpaired) electrons. The number of ether oxygens (including phenoxy) is 6. The molecule has 3 heterocycles. The number of carbonyl (C=O) groups excluding carboxylic acids is 2. The van der Waals surface area contributed by atoms with Crippen LogP contribution in [-0.2, 0) is 0 Å². The van der Waals surface area contributed by atoms with Gasteiger partial charge in [0.15, 0.2) is 0 Å². The number of piperazine rings is 3. The van der Waals surface area contributed by atoms with E-state index in [9.17, 15) is 14.5 Å². The quantitative estimate of drug-likeness (QED) is 0.0991. The molecule has 400 valence electrons. The van der Waals surface area contributed by atoms with E-state index in [1.54, 1.807) is 66.9 Å². The van der Waals surface area contributed by atoms with Crippen molar-refractivity contribution in [3.05, 3.63) is 150 Å². The highest BCUT2D eigenvalue weighted by molar-refractivity contribution is 5.90. The van der Waals surface area contributed by atoms with Crippen LogP contribution in [0.4, 0.5) is 43.7 Å². The smallest absolute Gasteiger partial charge is 0.321 e. The van der Waals surface area contributed by atoms with Gasteiger partial charge in [-0.1, -0.05) is 25.6 Å². The second kappa shape index (κ2) is 30.6. The summed E-state index contributed by atoms with van der Waals surface area (Å²) < 4.78 is 30.9. The molecule has 3 aliphatic rings. The molecular weight excluding hydrogens is 955 g/mol. The Morgan fingerprint density at radius 3 is 1.03 bits per heavy atom. The monoisotopic (exact) mass is 1030 g/mol. The van der Waals surface area contributed by atoms with Crippen molar-refractivity contribution in [3.8, 4) is 34.5 Å². The third-order valence-corrected chi connectivity index (χ3v) is 12.4. The molecule has 0 aromatic heterocycles. The Hall–Kier alpha value is -8.38.